The number of carbonyl (C=O) groups excluding carboxylic acids is 5. The lowest BCUT2D eigenvalue weighted by Gasteiger charge is -2.61. The number of Topliss-reactive ketones (excluding diaryl/α,β-unsaturated/α-hetero) is 1. The van der Waals surface area contributed by atoms with Gasteiger partial charge in [-0.25, -0.2) is 58.0 Å². The number of rotatable bonds is 16. The molecular formula is C90H145Cl3F3N21O21S4. The van der Waals surface area contributed by atoms with Gasteiger partial charge in [-0.15, -0.1) is 8.42 Å². The number of amides is 4. The molecule has 5 aliphatic heterocycles. The SMILES string of the molecule is CC(C)(C)OC(=O)N1CC2(CC(=O)C2)C1.CC(C)N(C1CC2(C1)CN(C(=O)OC(C)(C)C)C2)S(=O)(=O)NC(=O)OC(C)(C)C.CC(C)N(C1CC2(CNC2)C1)S(N)(=O)=O.CC(C)NC1CC2(C1)CN(C(=O)OC(C)(C)C)C2.CN(C)c1cc[n+](S(=O)(=O)N=C([O-])OC(C)(C)C)cc1.Cc1cc(Cl)n2ncnc(Cl)c12.Cc1cc(Cl)n2ncnc(N3CC4(CC(N(C(C)C)S(N)(=O)=O)C4)C3)c12.O=C(O)C(F)(F)F. The van der Waals surface area contributed by atoms with Crippen LogP contribution >= 0.6 is 34.8 Å². The van der Waals surface area contributed by atoms with Crippen molar-refractivity contribution >= 4 is 140 Å². The van der Waals surface area contributed by atoms with Gasteiger partial charge >= 0.3 is 56.9 Å². The first-order valence-electron chi connectivity index (χ1n) is 46.7. The number of aromatic nitrogens is 7. The van der Waals surface area contributed by atoms with Crippen LogP contribution in [-0.4, -0.2) is 300 Å². The second-order valence-electron chi connectivity index (χ2n) is 45.0. The molecule has 5 spiro atoms. The normalized spacial score (nSPS) is 19.9. The van der Waals surface area contributed by atoms with Crippen molar-refractivity contribution in [2.75, 3.05) is 89.3 Å². The smallest absolute Gasteiger partial charge is 0.493 e. The van der Waals surface area contributed by atoms with Crippen molar-refractivity contribution in [2.45, 2.75) is 320 Å². The van der Waals surface area contributed by atoms with Crippen LogP contribution in [-0.2, 0) is 74.1 Å². The highest BCUT2D eigenvalue weighted by Gasteiger charge is 2.61. The quantitative estimate of drug-likeness (QED) is 0.0231. The zero-order valence-corrected chi connectivity index (χ0v) is 91.7. The van der Waals surface area contributed by atoms with E-state index in [1.54, 1.807) is 92.4 Å². The van der Waals surface area contributed by atoms with E-state index in [0.717, 1.165) is 103 Å². The molecule has 5 aromatic rings. The Labute approximate surface area is 847 Å². The number of carbonyl (C=O) groups is 6. The number of carboxylic acid groups (broad SMARTS) is 1. The Morgan fingerprint density at radius 2 is 0.901 bits per heavy atom. The minimum atomic E-state index is -5.08. The molecule has 10 heterocycles. The number of ketones is 1. The lowest BCUT2D eigenvalue weighted by atomic mass is 9.60. The topological polar surface area (TPSA) is 519 Å². The van der Waals surface area contributed by atoms with Gasteiger partial charge in [0.2, 0.25) is 0 Å². The van der Waals surface area contributed by atoms with Crippen molar-refractivity contribution in [3.05, 3.63) is 75.9 Å². The van der Waals surface area contributed by atoms with Crippen LogP contribution in [0.25, 0.3) is 11.0 Å². The summed E-state index contributed by atoms with van der Waals surface area (Å²) in [7, 11) is -11.7. The Balaban J connectivity index is 0.000000203. The van der Waals surface area contributed by atoms with E-state index in [1.807, 2.05) is 139 Å². The zero-order chi connectivity index (χ0) is 108. The Kier molecular flexibility index (Phi) is 37.1. The molecule has 15 rings (SSSR count). The van der Waals surface area contributed by atoms with Gasteiger partial charge in [-0.2, -0.15) is 61.5 Å². The molecule has 0 atom stereocenters. The fourth-order valence-corrected chi connectivity index (χ4v) is 24.4. The van der Waals surface area contributed by atoms with Crippen molar-refractivity contribution in [3.63, 3.8) is 0 Å². The standard InChI is InChI=1S/C19H35N3O6S.C16H23ClN6O2S.C14H26N2O2.C12H19N3O4S.C11H17NO3.C9H19N3O2S.C7H5Cl2N3.C2HF3O2/c1-13(2)22(29(25,26)20-15(23)27-17(3,4)5)14-9-19(10-14)11-21(12-19)16(24)28-18(6,7)8;1-10(2)23(26(18,24)25)12-5-16(6-12)7-21(8-16)15-14-11(3)4-13(17)22(14)20-9-19-15;1-10(2)15-11-6-14(7-11)8-16(9-14)12(17)18-13(3,4)5;1-12(2,3)19-11(16)13-20(17,18)15-8-6-10(7-9-15)14(4)5;1-10(2,3)15-9(14)12-6-11(7-12)4-8(13)5-11;1-7(2)12(15(10,13)14)8-3-9(4-8)5-11-6-9;1-4-2-5(8)12-6(4)7(9)10-3-11-12;3-2(4,5)1(6)7/h13-14H,9-12H2,1-8H3,(H,20,23);4,9-10,12H,5-8H2,1-3H3,(H2,18,24,25);10-11,15H,6-9H2,1-5H3;6-9H,1-5H3;4-7H2,1-3H3;7-8,11H,3-6H2,1-2H3,(H2,10,13,14);2-3H,1H3;(H,6,7). The number of halogens is 6. The number of pyridine rings is 1. The van der Waals surface area contributed by atoms with Gasteiger partial charge in [0.25, 0.3) is 20.4 Å². The summed E-state index contributed by atoms with van der Waals surface area (Å²) in [6.45, 7) is 53.9. The highest BCUT2D eigenvalue weighted by Crippen LogP contribution is 2.55. The third kappa shape index (κ3) is 32.1. The number of carboxylic acids is 1. The Bertz CT molecular complexity index is 5800. The van der Waals surface area contributed by atoms with Crippen molar-refractivity contribution in [2.24, 2.45) is 41.8 Å². The summed E-state index contributed by atoms with van der Waals surface area (Å²) >= 11 is 17.9. The second-order valence-corrected chi connectivity index (χ2v) is 52.1. The molecule has 10 fully saturated rings. The molecule has 802 valence electrons. The largest absolute Gasteiger partial charge is 0.594 e. The highest BCUT2D eigenvalue weighted by molar-refractivity contribution is 7.88. The summed E-state index contributed by atoms with van der Waals surface area (Å²) in [5.74, 6) is -1.56. The van der Waals surface area contributed by atoms with Gasteiger partial charge in [0.15, 0.2) is 29.4 Å². The summed E-state index contributed by atoms with van der Waals surface area (Å²) in [6, 6.07) is 7.46. The number of anilines is 2. The van der Waals surface area contributed by atoms with Crippen molar-refractivity contribution < 1.29 is 113 Å². The molecule has 5 aromatic heterocycles. The van der Waals surface area contributed by atoms with E-state index in [4.69, 9.17) is 78.7 Å². The highest BCUT2D eigenvalue weighted by atomic mass is 35.5. The van der Waals surface area contributed by atoms with E-state index in [-0.39, 0.29) is 76.4 Å². The van der Waals surface area contributed by atoms with E-state index in [9.17, 15) is 75.9 Å². The first-order chi connectivity index (χ1) is 64.5. The number of likely N-dealkylation sites (tertiary alicyclic amines) is 3. The molecule has 5 saturated heterocycles. The fourth-order valence-electron chi connectivity index (χ4n) is 19.1. The summed E-state index contributed by atoms with van der Waals surface area (Å²) in [6.07, 6.45) is 6.10. The molecule has 10 aliphatic rings. The van der Waals surface area contributed by atoms with Gasteiger partial charge in [-0.1, -0.05) is 77.8 Å². The van der Waals surface area contributed by atoms with E-state index < -0.39 is 87.6 Å². The number of alkyl halides is 3. The lowest BCUT2D eigenvalue weighted by Crippen LogP contribution is -2.69. The third-order valence-corrected chi connectivity index (χ3v) is 30.6. The molecule has 0 radical (unpaired) electrons. The van der Waals surface area contributed by atoms with E-state index in [2.05, 4.69) is 53.9 Å². The second kappa shape index (κ2) is 44.4. The molecule has 5 saturated carbocycles. The number of nitrogens with one attached hydrogen (secondary N) is 3. The summed E-state index contributed by atoms with van der Waals surface area (Å²) in [5.41, 5.74) is 2.55. The van der Waals surface area contributed by atoms with Crippen LogP contribution in [0.3, 0.4) is 0 Å². The summed E-state index contributed by atoms with van der Waals surface area (Å²) in [4.78, 5) is 84.7. The van der Waals surface area contributed by atoms with Gasteiger partial charge in [0.1, 0.15) is 62.2 Å². The van der Waals surface area contributed by atoms with Crippen LogP contribution in [0.1, 0.15) is 235 Å². The minimum absolute atomic E-state index is 0.0120. The molecular weight excluding hydrogens is 2000 g/mol. The van der Waals surface area contributed by atoms with Crippen LogP contribution in [0.2, 0.25) is 15.5 Å². The Morgan fingerprint density at radius 3 is 1.24 bits per heavy atom. The van der Waals surface area contributed by atoms with Crippen molar-refractivity contribution in [1.29, 1.82) is 0 Å². The number of hydrogen-bond acceptors (Lipinski definition) is 28. The van der Waals surface area contributed by atoms with Crippen LogP contribution in [0, 0.1) is 40.9 Å². The van der Waals surface area contributed by atoms with Crippen LogP contribution in [0.5, 0.6) is 0 Å². The predicted molar refractivity (Wildman–Crippen MR) is 528 cm³/mol. The number of ether oxygens (including phenoxy) is 5. The van der Waals surface area contributed by atoms with Gasteiger partial charge < -0.3 is 69.0 Å². The molecule has 0 aromatic carbocycles. The first-order valence-corrected chi connectivity index (χ1v) is 53.7. The van der Waals surface area contributed by atoms with Crippen molar-refractivity contribution in [3.8, 4) is 0 Å². The third-order valence-electron chi connectivity index (χ3n) is 24.4. The van der Waals surface area contributed by atoms with Crippen LogP contribution < -0.4 is 44.5 Å². The van der Waals surface area contributed by atoms with Crippen LogP contribution in [0.4, 0.5) is 43.9 Å². The van der Waals surface area contributed by atoms with Gasteiger partial charge in [-0.05, 0) is 219 Å². The van der Waals surface area contributed by atoms with Crippen molar-refractivity contribution in [1.82, 2.24) is 72.2 Å². The molecule has 52 heteroatoms. The van der Waals surface area contributed by atoms with Gasteiger partial charge in [-0.3, -0.25) is 4.79 Å². The monoisotopic (exact) mass is 2150 g/mol. The van der Waals surface area contributed by atoms with E-state index in [0.29, 0.717) is 96.0 Å². The molecule has 5 aliphatic carbocycles. The van der Waals surface area contributed by atoms with E-state index in [1.165, 1.54) is 50.8 Å². The Hall–Kier alpha value is -8.34. The zero-order valence-electron chi connectivity index (χ0n) is 86.2. The number of nitrogens with two attached hydrogens (primary N) is 2. The molecule has 0 bridgehead atoms. The number of aliphatic carboxylic acids is 1. The van der Waals surface area contributed by atoms with Gasteiger partial charge in [0, 0.05) is 186 Å². The molecule has 0 unspecified atom stereocenters. The number of aryl methyl sites for hydroxylation is 2. The molecule has 142 heavy (non-hydrogen) atoms. The summed E-state index contributed by atoms with van der Waals surface area (Å²) in [5, 5.41) is 45.7. The summed E-state index contributed by atoms with van der Waals surface area (Å²) < 4.78 is 167. The number of fused-ring (bicyclic) bond motifs is 2. The minimum Gasteiger partial charge on any atom is -0.594 e. The lowest BCUT2D eigenvalue weighted by molar-refractivity contribution is -0.511. The number of nitrogens with zero attached hydrogens (tertiary/aromatic N) is 16. The maximum absolute atomic E-state index is 12.8. The van der Waals surface area contributed by atoms with E-state index >= 15 is 0 Å². The molecule has 4 amide bonds. The molecule has 8 N–H and O–H groups in total. The Morgan fingerprint density at radius 1 is 0.549 bits per heavy atom. The number of hydrogen-bond donors (Lipinski definition) is 6. The fraction of sp³-hybridized carbons (Fsp3) is 0.733. The average Bonchev–Trinajstić information content (AvgIpc) is 1.21. The maximum Gasteiger partial charge on any atom is 0.493 e. The predicted octanol–water partition coefficient (Wildman–Crippen LogP) is 10.7. The van der Waals surface area contributed by atoms with Crippen LogP contribution in [0.15, 0.2) is 53.7 Å². The first kappa shape index (κ1) is 119. The maximum atomic E-state index is 12.8. The molecule has 42 nitrogen and oxygen atoms in total. The van der Waals surface area contributed by atoms with Gasteiger partial charge in [0.05, 0.1) is 0 Å². The average molecular weight is 2150 g/mol.